The Kier molecular flexibility index (Phi) is 4.93. The molecule has 0 saturated carbocycles. The molecule has 0 unspecified atom stereocenters. The molecule has 1 amide bonds. The predicted molar refractivity (Wildman–Crippen MR) is 111 cm³/mol. The summed E-state index contributed by atoms with van der Waals surface area (Å²) in [4.78, 5) is 17.3. The topological polar surface area (TPSA) is 64.7 Å². The predicted octanol–water partition coefficient (Wildman–Crippen LogP) is 4.37. The van der Waals surface area contributed by atoms with Gasteiger partial charge in [-0.1, -0.05) is 30.3 Å². The number of carbonyl (C=O) groups excluding carboxylic acids is 1. The number of nitrogens with zero attached hydrogens (tertiary/aromatic N) is 4. The van der Waals surface area contributed by atoms with Crippen LogP contribution in [0.25, 0.3) is 16.7 Å². The lowest BCUT2D eigenvalue weighted by Gasteiger charge is -2.12. The number of rotatable bonds is 6. The molecule has 0 fully saturated rings. The van der Waals surface area contributed by atoms with E-state index in [2.05, 4.69) is 33.2 Å². The van der Waals surface area contributed by atoms with E-state index in [0.29, 0.717) is 12.8 Å². The number of amides is 1. The molecule has 2 aromatic heterocycles. The summed E-state index contributed by atoms with van der Waals surface area (Å²) in [6.07, 6.45) is 2.59. The lowest BCUT2D eigenvalue weighted by atomic mass is 10.2. The molecule has 4 rings (SSSR count). The third-order valence-electron chi connectivity index (χ3n) is 4.65. The largest absolute Gasteiger partial charge is 0.311 e. The van der Waals surface area contributed by atoms with E-state index in [0.717, 1.165) is 28.4 Å². The lowest BCUT2D eigenvalue weighted by molar-refractivity contribution is -0.116. The molecule has 6 heteroatoms. The molecule has 0 radical (unpaired) electrons. The van der Waals surface area contributed by atoms with E-state index in [4.69, 9.17) is 4.98 Å². The van der Waals surface area contributed by atoms with Crippen LogP contribution in [0.15, 0.2) is 66.9 Å². The Morgan fingerprint density at radius 2 is 1.79 bits per heavy atom. The smallest absolute Gasteiger partial charge is 0.225 e. The van der Waals surface area contributed by atoms with Crippen molar-refractivity contribution in [1.29, 1.82) is 0 Å². The van der Waals surface area contributed by atoms with E-state index in [9.17, 15) is 4.79 Å². The van der Waals surface area contributed by atoms with Crippen LogP contribution in [0.2, 0.25) is 0 Å². The van der Waals surface area contributed by atoms with Crippen LogP contribution in [0.5, 0.6) is 0 Å². The molecule has 0 aliphatic heterocycles. The van der Waals surface area contributed by atoms with E-state index in [-0.39, 0.29) is 11.9 Å². The van der Waals surface area contributed by atoms with Gasteiger partial charge in [-0.05, 0) is 38.1 Å². The fraction of sp³-hybridized carbons (Fsp3) is 0.227. The summed E-state index contributed by atoms with van der Waals surface area (Å²) in [7, 11) is 0. The number of hydrogen-bond acceptors (Lipinski definition) is 3. The summed E-state index contributed by atoms with van der Waals surface area (Å²) in [6, 6.07) is 20.2. The van der Waals surface area contributed by atoms with E-state index >= 15 is 0 Å². The number of carbonyl (C=O) groups is 1. The van der Waals surface area contributed by atoms with Crippen molar-refractivity contribution in [1.82, 2.24) is 19.3 Å². The molecule has 2 aromatic carbocycles. The third-order valence-corrected chi connectivity index (χ3v) is 4.65. The summed E-state index contributed by atoms with van der Waals surface area (Å²) < 4.78 is 3.93. The minimum absolute atomic E-state index is 0.0472. The van der Waals surface area contributed by atoms with Crippen LogP contribution in [0, 0.1) is 0 Å². The molecule has 0 bridgehead atoms. The Morgan fingerprint density at radius 3 is 2.57 bits per heavy atom. The summed E-state index contributed by atoms with van der Waals surface area (Å²) in [6.45, 7) is 4.07. The van der Waals surface area contributed by atoms with Gasteiger partial charge in [0, 0.05) is 30.6 Å². The second-order valence-corrected chi connectivity index (χ2v) is 6.99. The standard InChI is InChI=1S/C22H23N5O/c1-16(2)27-21(14-15-23-27)25-22(28)13-12-20-24-18-10-6-7-11-19(18)26(20)17-8-4-3-5-9-17/h3-11,14-16H,12-13H2,1-2H3,(H,25,28). The van der Waals surface area contributed by atoms with Crippen molar-refractivity contribution in [2.24, 2.45) is 0 Å². The van der Waals surface area contributed by atoms with Crippen LogP contribution in [-0.2, 0) is 11.2 Å². The van der Waals surface area contributed by atoms with E-state index in [1.807, 2.05) is 56.3 Å². The summed E-state index contributed by atoms with van der Waals surface area (Å²) in [5.41, 5.74) is 3.02. The maximum absolute atomic E-state index is 12.5. The first-order valence-electron chi connectivity index (χ1n) is 9.48. The van der Waals surface area contributed by atoms with Gasteiger partial charge in [0.1, 0.15) is 11.6 Å². The maximum Gasteiger partial charge on any atom is 0.225 e. The first-order chi connectivity index (χ1) is 13.6. The van der Waals surface area contributed by atoms with E-state index in [1.165, 1.54) is 0 Å². The average molecular weight is 373 g/mol. The first kappa shape index (κ1) is 18.0. The van der Waals surface area contributed by atoms with Crippen molar-refractivity contribution < 1.29 is 4.79 Å². The minimum Gasteiger partial charge on any atom is -0.311 e. The molecule has 2 heterocycles. The average Bonchev–Trinajstić information content (AvgIpc) is 3.31. The van der Waals surface area contributed by atoms with Gasteiger partial charge in [0.15, 0.2) is 0 Å². The molecular weight excluding hydrogens is 350 g/mol. The zero-order valence-electron chi connectivity index (χ0n) is 16.0. The molecule has 4 aromatic rings. The molecule has 6 nitrogen and oxygen atoms in total. The maximum atomic E-state index is 12.5. The number of imidazole rings is 1. The van der Waals surface area contributed by atoms with Crippen LogP contribution in [0.3, 0.4) is 0 Å². The molecule has 0 aliphatic rings. The van der Waals surface area contributed by atoms with Gasteiger partial charge in [0.05, 0.1) is 17.2 Å². The van der Waals surface area contributed by atoms with Crippen LogP contribution < -0.4 is 5.32 Å². The van der Waals surface area contributed by atoms with Gasteiger partial charge in [0.25, 0.3) is 0 Å². The third kappa shape index (κ3) is 3.53. The van der Waals surface area contributed by atoms with Crippen LogP contribution in [0.4, 0.5) is 5.82 Å². The van der Waals surface area contributed by atoms with Crippen molar-refractivity contribution in [3.8, 4) is 5.69 Å². The highest BCUT2D eigenvalue weighted by molar-refractivity contribution is 5.90. The summed E-state index contributed by atoms with van der Waals surface area (Å²) >= 11 is 0. The van der Waals surface area contributed by atoms with Gasteiger partial charge in [-0.3, -0.25) is 9.36 Å². The highest BCUT2D eigenvalue weighted by atomic mass is 16.1. The monoisotopic (exact) mass is 373 g/mol. The minimum atomic E-state index is -0.0472. The Bertz CT molecular complexity index is 1090. The fourth-order valence-electron chi connectivity index (χ4n) is 3.36. The van der Waals surface area contributed by atoms with Crippen LogP contribution >= 0.6 is 0 Å². The molecule has 1 N–H and O–H groups in total. The van der Waals surface area contributed by atoms with Gasteiger partial charge >= 0.3 is 0 Å². The van der Waals surface area contributed by atoms with Gasteiger partial charge in [0.2, 0.25) is 5.91 Å². The molecule has 28 heavy (non-hydrogen) atoms. The number of benzene rings is 2. The van der Waals surface area contributed by atoms with Gasteiger partial charge in [-0.15, -0.1) is 0 Å². The Balaban J connectivity index is 1.57. The van der Waals surface area contributed by atoms with Crippen molar-refractivity contribution in [3.63, 3.8) is 0 Å². The number of hydrogen-bond donors (Lipinski definition) is 1. The SMILES string of the molecule is CC(C)n1nccc1NC(=O)CCc1nc2ccccc2n1-c1ccccc1. The number of aromatic nitrogens is 4. The molecule has 0 atom stereocenters. The zero-order valence-corrected chi connectivity index (χ0v) is 16.0. The molecule has 142 valence electrons. The first-order valence-corrected chi connectivity index (χ1v) is 9.48. The summed E-state index contributed by atoms with van der Waals surface area (Å²) in [5, 5.41) is 7.21. The number of anilines is 1. The van der Waals surface area contributed by atoms with Gasteiger partial charge in [-0.25, -0.2) is 9.67 Å². The lowest BCUT2D eigenvalue weighted by Crippen LogP contribution is -2.17. The molecular formula is C22H23N5O. The molecule has 0 spiro atoms. The molecule has 0 aliphatic carbocycles. The normalized spacial score (nSPS) is 11.2. The fourth-order valence-corrected chi connectivity index (χ4v) is 3.36. The van der Waals surface area contributed by atoms with E-state index < -0.39 is 0 Å². The second-order valence-electron chi connectivity index (χ2n) is 6.99. The number of fused-ring (bicyclic) bond motifs is 1. The number of nitrogens with one attached hydrogen (secondary N) is 1. The number of para-hydroxylation sites is 3. The van der Waals surface area contributed by atoms with Crippen molar-refractivity contribution in [2.75, 3.05) is 5.32 Å². The Morgan fingerprint density at radius 1 is 1.04 bits per heavy atom. The second kappa shape index (κ2) is 7.68. The summed E-state index contributed by atoms with van der Waals surface area (Å²) in [5.74, 6) is 1.55. The van der Waals surface area contributed by atoms with Crippen molar-refractivity contribution in [3.05, 3.63) is 72.7 Å². The van der Waals surface area contributed by atoms with Crippen molar-refractivity contribution >= 4 is 22.8 Å². The highest BCUT2D eigenvalue weighted by Gasteiger charge is 2.15. The van der Waals surface area contributed by atoms with Crippen molar-refractivity contribution in [2.45, 2.75) is 32.7 Å². The Hall–Kier alpha value is -3.41. The van der Waals surface area contributed by atoms with E-state index in [1.54, 1.807) is 10.9 Å². The quantitative estimate of drug-likeness (QED) is 0.546. The van der Waals surface area contributed by atoms with Gasteiger partial charge in [-0.2, -0.15) is 5.10 Å². The highest BCUT2D eigenvalue weighted by Crippen LogP contribution is 2.22. The van der Waals surface area contributed by atoms with Crippen LogP contribution in [-0.4, -0.2) is 25.2 Å². The Labute approximate surface area is 163 Å². The zero-order chi connectivity index (χ0) is 19.5. The van der Waals surface area contributed by atoms with Crippen LogP contribution in [0.1, 0.15) is 32.1 Å². The number of aryl methyl sites for hydroxylation is 1. The molecule has 0 saturated heterocycles. The van der Waals surface area contributed by atoms with Gasteiger partial charge < -0.3 is 5.32 Å².